The molecule has 0 N–H and O–H groups in total. The molecule has 1 unspecified atom stereocenters. The third-order valence-electron chi connectivity index (χ3n) is 4.17. The van der Waals surface area contributed by atoms with E-state index in [4.69, 9.17) is 0 Å². The number of unbranched alkanes of at least 4 members (excludes halogenated alkanes) is 7. The van der Waals surface area contributed by atoms with Gasteiger partial charge in [-0.3, -0.25) is 0 Å². The predicted octanol–water partition coefficient (Wildman–Crippen LogP) is 6.59. The molecule has 0 aliphatic rings. The van der Waals surface area contributed by atoms with Crippen molar-refractivity contribution in [2.24, 2.45) is 11.8 Å². The van der Waals surface area contributed by atoms with Crippen molar-refractivity contribution in [2.45, 2.75) is 98.3 Å². The van der Waals surface area contributed by atoms with Crippen LogP contribution in [-0.4, -0.2) is 0 Å². The number of hydrogen-bond donors (Lipinski definition) is 0. The molecule has 0 spiro atoms. The molecule has 112 valence electrons. The van der Waals surface area contributed by atoms with E-state index in [0.29, 0.717) is 0 Å². The molecule has 0 heterocycles. The minimum Gasteiger partial charge on any atom is -0.107 e. The second-order valence-corrected chi connectivity index (χ2v) is 6.23. The van der Waals surface area contributed by atoms with Crippen molar-refractivity contribution in [3.8, 4) is 11.8 Å². The predicted molar refractivity (Wildman–Crippen MR) is 88.2 cm³/mol. The molecule has 0 aliphatic heterocycles. The van der Waals surface area contributed by atoms with Crippen molar-refractivity contribution in [1.29, 1.82) is 0 Å². The lowest BCUT2D eigenvalue weighted by Gasteiger charge is -2.20. The van der Waals surface area contributed by atoms with Gasteiger partial charge < -0.3 is 0 Å². The van der Waals surface area contributed by atoms with Gasteiger partial charge in [-0.2, -0.15) is 0 Å². The van der Waals surface area contributed by atoms with Gasteiger partial charge in [0.25, 0.3) is 0 Å². The Bertz CT molecular complexity index is 228. The first kappa shape index (κ1) is 18.6. The first-order chi connectivity index (χ1) is 9.22. The van der Waals surface area contributed by atoms with Crippen molar-refractivity contribution >= 4 is 0 Å². The molecule has 0 heteroatoms. The van der Waals surface area contributed by atoms with Gasteiger partial charge in [-0.15, -0.1) is 11.8 Å². The minimum atomic E-state index is 0.855. The van der Waals surface area contributed by atoms with Crippen LogP contribution in [0.25, 0.3) is 0 Å². The molecule has 0 saturated carbocycles. The van der Waals surface area contributed by atoms with Crippen molar-refractivity contribution in [3.05, 3.63) is 0 Å². The van der Waals surface area contributed by atoms with Crippen molar-refractivity contribution in [2.75, 3.05) is 0 Å². The van der Waals surface area contributed by atoms with Crippen molar-refractivity contribution in [3.63, 3.8) is 0 Å². The summed E-state index contributed by atoms with van der Waals surface area (Å²) in [5, 5.41) is 0. The van der Waals surface area contributed by atoms with Crippen molar-refractivity contribution in [1.82, 2.24) is 0 Å². The van der Waals surface area contributed by atoms with Crippen LogP contribution in [0.2, 0.25) is 0 Å². The van der Waals surface area contributed by atoms with Crippen LogP contribution in [0.5, 0.6) is 0 Å². The zero-order valence-corrected chi connectivity index (χ0v) is 13.9. The maximum atomic E-state index is 3.17. The Kier molecular flexibility index (Phi) is 13.7. The van der Waals surface area contributed by atoms with E-state index in [2.05, 4.69) is 32.6 Å². The normalized spacial score (nSPS) is 12.3. The maximum absolute atomic E-state index is 3.17. The Labute approximate surface area is 122 Å². The lowest BCUT2D eigenvalue weighted by atomic mass is 9.86. The molecule has 0 fully saturated rings. The van der Waals surface area contributed by atoms with Gasteiger partial charge in [0, 0.05) is 6.42 Å². The highest BCUT2D eigenvalue weighted by Crippen LogP contribution is 2.25. The highest BCUT2D eigenvalue weighted by molar-refractivity contribution is 4.94. The van der Waals surface area contributed by atoms with Gasteiger partial charge in [0.15, 0.2) is 0 Å². The van der Waals surface area contributed by atoms with E-state index >= 15 is 0 Å². The smallest absolute Gasteiger partial charge is 0.00885 e. The third kappa shape index (κ3) is 12.3. The molecule has 0 aliphatic carbocycles. The van der Waals surface area contributed by atoms with E-state index in [-0.39, 0.29) is 0 Å². The fourth-order valence-electron chi connectivity index (χ4n) is 2.74. The van der Waals surface area contributed by atoms with Gasteiger partial charge in [0.2, 0.25) is 0 Å². The zero-order valence-electron chi connectivity index (χ0n) is 13.9. The molecule has 1 atom stereocenters. The zero-order chi connectivity index (χ0) is 14.3. The minimum absolute atomic E-state index is 0.855. The molecule has 0 saturated heterocycles. The third-order valence-corrected chi connectivity index (χ3v) is 4.17. The Hall–Kier alpha value is -0.440. The molecule has 0 amide bonds. The average molecular weight is 264 g/mol. The van der Waals surface area contributed by atoms with Crippen LogP contribution < -0.4 is 0 Å². The molecule has 19 heavy (non-hydrogen) atoms. The lowest BCUT2D eigenvalue weighted by molar-refractivity contribution is 0.315. The van der Waals surface area contributed by atoms with Crippen LogP contribution in [0.15, 0.2) is 0 Å². The monoisotopic (exact) mass is 264 g/mol. The van der Waals surface area contributed by atoms with Gasteiger partial charge in [0.1, 0.15) is 0 Å². The lowest BCUT2D eigenvalue weighted by Crippen LogP contribution is -2.08. The standard InChI is InChI=1S/C19H36/c1-5-7-9-11-13-15-17-19(18(3)4)16-14-12-10-8-6-2/h18-19H,5,7,9-17H2,1-4H3. The van der Waals surface area contributed by atoms with Crippen LogP contribution in [-0.2, 0) is 0 Å². The molecule has 0 aromatic heterocycles. The van der Waals surface area contributed by atoms with Crippen LogP contribution >= 0.6 is 0 Å². The fraction of sp³-hybridized carbons (Fsp3) is 0.895. The summed E-state index contributed by atoms with van der Waals surface area (Å²) in [6.07, 6.45) is 15.2. The van der Waals surface area contributed by atoms with E-state index in [1.807, 2.05) is 6.92 Å². The van der Waals surface area contributed by atoms with E-state index in [1.165, 1.54) is 64.2 Å². The molecule has 0 aromatic rings. The second kappa shape index (κ2) is 14.0. The van der Waals surface area contributed by atoms with Crippen molar-refractivity contribution < 1.29 is 0 Å². The summed E-state index contributed by atoms with van der Waals surface area (Å²) in [6, 6.07) is 0. The van der Waals surface area contributed by atoms with Gasteiger partial charge >= 0.3 is 0 Å². The highest BCUT2D eigenvalue weighted by Gasteiger charge is 2.12. The van der Waals surface area contributed by atoms with Crippen LogP contribution in [0.3, 0.4) is 0 Å². The van der Waals surface area contributed by atoms with E-state index < -0.39 is 0 Å². The largest absolute Gasteiger partial charge is 0.107 e. The Morgan fingerprint density at radius 2 is 1.37 bits per heavy atom. The highest BCUT2D eigenvalue weighted by atomic mass is 14.2. The molecule has 0 aromatic carbocycles. The quantitative estimate of drug-likeness (QED) is 0.275. The summed E-state index contributed by atoms with van der Waals surface area (Å²) in [6.45, 7) is 9.02. The van der Waals surface area contributed by atoms with E-state index in [9.17, 15) is 0 Å². The maximum Gasteiger partial charge on any atom is 0.00885 e. The summed E-state index contributed by atoms with van der Waals surface area (Å²) in [4.78, 5) is 0. The van der Waals surface area contributed by atoms with Gasteiger partial charge in [-0.25, -0.2) is 0 Å². The molecule has 0 radical (unpaired) electrons. The van der Waals surface area contributed by atoms with Crippen LogP contribution in [0.4, 0.5) is 0 Å². The molecular formula is C19H36. The Balaban J connectivity index is 3.58. The van der Waals surface area contributed by atoms with Gasteiger partial charge in [0.05, 0.1) is 0 Å². The SMILES string of the molecule is CC#CCCCCC(CCCCCCCC)C(C)C. The summed E-state index contributed by atoms with van der Waals surface area (Å²) in [5.41, 5.74) is 0. The molecule has 0 nitrogen and oxygen atoms in total. The Morgan fingerprint density at radius 1 is 0.789 bits per heavy atom. The Morgan fingerprint density at radius 3 is 1.95 bits per heavy atom. The number of rotatable bonds is 12. The fourth-order valence-corrected chi connectivity index (χ4v) is 2.74. The second-order valence-electron chi connectivity index (χ2n) is 6.23. The molecule has 0 rings (SSSR count). The summed E-state index contributed by atoms with van der Waals surface area (Å²) >= 11 is 0. The van der Waals surface area contributed by atoms with Crippen LogP contribution in [0.1, 0.15) is 98.3 Å². The first-order valence-corrected chi connectivity index (χ1v) is 8.62. The van der Waals surface area contributed by atoms with E-state index in [1.54, 1.807) is 0 Å². The van der Waals surface area contributed by atoms with Gasteiger partial charge in [-0.05, 0) is 25.2 Å². The summed E-state index contributed by atoms with van der Waals surface area (Å²) in [5.74, 6) is 7.96. The molecular weight excluding hydrogens is 228 g/mol. The van der Waals surface area contributed by atoms with Gasteiger partial charge in [-0.1, -0.05) is 78.6 Å². The van der Waals surface area contributed by atoms with E-state index in [0.717, 1.165) is 18.3 Å². The van der Waals surface area contributed by atoms with Crippen LogP contribution in [0, 0.1) is 23.7 Å². The average Bonchev–Trinajstić information content (AvgIpc) is 2.39. The first-order valence-electron chi connectivity index (χ1n) is 8.62. The summed E-state index contributed by atoms with van der Waals surface area (Å²) < 4.78 is 0. The topological polar surface area (TPSA) is 0 Å². The summed E-state index contributed by atoms with van der Waals surface area (Å²) in [7, 11) is 0. The molecule has 0 bridgehead atoms. The number of hydrogen-bond acceptors (Lipinski definition) is 0.